The van der Waals surface area contributed by atoms with E-state index in [9.17, 15) is 5.11 Å². The predicted molar refractivity (Wildman–Crippen MR) is 105 cm³/mol. The van der Waals surface area contributed by atoms with Crippen LogP contribution in [0.2, 0.25) is 5.02 Å². The third-order valence-corrected chi connectivity index (χ3v) is 4.93. The first-order valence-corrected chi connectivity index (χ1v) is 9.42. The molecule has 3 rings (SSSR count). The van der Waals surface area contributed by atoms with Crippen molar-refractivity contribution in [2.24, 2.45) is 7.05 Å². The minimum atomic E-state index is -0.627. The molecule has 0 aliphatic carbocycles. The maximum atomic E-state index is 10.6. The molecule has 0 aliphatic rings. The predicted octanol–water partition coefficient (Wildman–Crippen LogP) is 3.82. The number of imidazole rings is 1. The number of aryl methyl sites for hydroxylation is 2. The minimum Gasteiger partial charge on any atom is -0.489 e. The van der Waals surface area contributed by atoms with Crippen LogP contribution < -0.4 is 9.30 Å². The number of nitrogens with zero attached hydrogens (tertiary/aromatic N) is 2. The number of rotatable bonds is 7. The summed E-state index contributed by atoms with van der Waals surface area (Å²) in [7, 11) is 2.08. The van der Waals surface area contributed by atoms with E-state index in [2.05, 4.69) is 35.2 Å². The molecule has 4 nitrogen and oxygen atoms in total. The molecular formula is C21H26ClN2O2+. The van der Waals surface area contributed by atoms with Crippen LogP contribution in [0.5, 0.6) is 5.75 Å². The number of aliphatic hydroxyl groups excluding tert-OH is 1. The van der Waals surface area contributed by atoms with Crippen LogP contribution in [0.1, 0.15) is 24.7 Å². The zero-order valence-electron chi connectivity index (χ0n) is 15.6. The van der Waals surface area contributed by atoms with Crippen LogP contribution in [-0.2, 0) is 20.0 Å². The van der Waals surface area contributed by atoms with Crippen molar-refractivity contribution in [3.8, 4) is 5.75 Å². The fourth-order valence-electron chi connectivity index (χ4n) is 3.34. The molecule has 0 spiro atoms. The van der Waals surface area contributed by atoms with Crippen molar-refractivity contribution >= 4 is 22.6 Å². The molecule has 1 atom stereocenters. The van der Waals surface area contributed by atoms with Gasteiger partial charge in [0.15, 0.2) is 11.0 Å². The number of halogens is 1. The Bertz CT molecular complexity index is 904. The molecule has 1 unspecified atom stereocenters. The molecule has 138 valence electrons. The second-order valence-electron chi connectivity index (χ2n) is 6.72. The van der Waals surface area contributed by atoms with E-state index >= 15 is 0 Å². The van der Waals surface area contributed by atoms with Crippen molar-refractivity contribution in [2.45, 2.75) is 39.3 Å². The molecule has 1 heterocycles. The molecule has 1 N–H and O–H groups in total. The molecule has 0 fully saturated rings. The average Bonchev–Trinajstić information content (AvgIpc) is 2.89. The lowest BCUT2D eigenvalue weighted by molar-refractivity contribution is -0.654. The van der Waals surface area contributed by atoms with E-state index in [1.54, 1.807) is 0 Å². The summed E-state index contributed by atoms with van der Waals surface area (Å²) in [5, 5.41) is 11.1. The number of hydrogen-bond donors (Lipinski definition) is 1. The van der Waals surface area contributed by atoms with E-state index in [0.717, 1.165) is 23.9 Å². The standard InChI is InChI=1S/C21H26ClN2O2/c1-4-7-21-23(3)18-8-5-6-9-19(18)24(21)13-16(25)14-26-20-12-15(2)10-11-17(20)22/h5-6,8-12,16,25H,4,7,13-14H2,1-3H3/q+1. The summed E-state index contributed by atoms with van der Waals surface area (Å²) in [4.78, 5) is 0. The van der Waals surface area contributed by atoms with Gasteiger partial charge in [0.2, 0.25) is 0 Å². The van der Waals surface area contributed by atoms with Gasteiger partial charge in [-0.2, -0.15) is 0 Å². The number of fused-ring (bicyclic) bond motifs is 1. The van der Waals surface area contributed by atoms with Crippen LogP contribution >= 0.6 is 11.6 Å². The van der Waals surface area contributed by atoms with Crippen molar-refractivity contribution in [2.75, 3.05) is 6.61 Å². The fourth-order valence-corrected chi connectivity index (χ4v) is 3.51. The van der Waals surface area contributed by atoms with Crippen LogP contribution in [0.25, 0.3) is 11.0 Å². The lowest BCUT2D eigenvalue weighted by Crippen LogP contribution is -2.34. The number of aromatic nitrogens is 2. The molecule has 5 heteroatoms. The molecule has 0 saturated carbocycles. The lowest BCUT2D eigenvalue weighted by Gasteiger charge is -2.13. The first-order valence-electron chi connectivity index (χ1n) is 9.04. The van der Waals surface area contributed by atoms with Crippen LogP contribution in [0.3, 0.4) is 0 Å². The fraction of sp³-hybridized carbons (Fsp3) is 0.381. The summed E-state index contributed by atoms with van der Waals surface area (Å²) >= 11 is 6.17. The third-order valence-electron chi connectivity index (χ3n) is 4.62. The summed E-state index contributed by atoms with van der Waals surface area (Å²) in [6.45, 7) is 4.84. The maximum Gasteiger partial charge on any atom is 0.257 e. The van der Waals surface area contributed by atoms with E-state index in [4.69, 9.17) is 16.3 Å². The van der Waals surface area contributed by atoms with Gasteiger partial charge >= 0.3 is 0 Å². The third kappa shape index (κ3) is 3.87. The Labute approximate surface area is 159 Å². The minimum absolute atomic E-state index is 0.199. The summed E-state index contributed by atoms with van der Waals surface area (Å²) in [6.07, 6.45) is 1.39. The highest BCUT2D eigenvalue weighted by molar-refractivity contribution is 6.32. The van der Waals surface area contributed by atoms with E-state index in [1.807, 2.05) is 37.3 Å². The largest absolute Gasteiger partial charge is 0.489 e. The smallest absolute Gasteiger partial charge is 0.257 e. The zero-order chi connectivity index (χ0) is 18.7. The Hall–Kier alpha value is -2.04. The second-order valence-corrected chi connectivity index (χ2v) is 7.13. The van der Waals surface area contributed by atoms with E-state index in [-0.39, 0.29) is 6.61 Å². The molecule has 3 aromatic rings. The maximum absolute atomic E-state index is 10.6. The van der Waals surface area contributed by atoms with E-state index < -0.39 is 6.10 Å². The molecule has 26 heavy (non-hydrogen) atoms. The summed E-state index contributed by atoms with van der Waals surface area (Å²) in [6, 6.07) is 13.9. The number of aliphatic hydroxyl groups is 1. The number of ether oxygens (including phenoxy) is 1. The number of para-hydroxylation sites is 2. The Morgan fingerprint density at radius 1 is 1.23 bits per heavy atom. The molecule has 0 radical (unpaired) electrons. The van der Waals surface area contributed by atoms with Crippen molar-refractivity contribution in [3.63, 3.8) is 0 Å². The molecule has 0 bridgehead atoms. The van der Waals surface area contributed by atoms with Crippen LogP contribution in [0.4, 0.5) is 0 Å². The van der Waals surface area contributed by atoms with Gasteiger partial charge in [0, 0.05) is 6.42 Å². The van der Waals surface area contributed by atoms with Crippen LogP contribution in [-0.4, -0.2) is 22.4 Å². The van der Waals surface area contributed by atoms with Gasteiger partial charge in [-0.25, -0.2) is 9.13 Å². The van der Waals surface area contributed by atoms with Gasteiger partial charge in [-0.15, -0.1) is 0 Å². The van der Waals surface area contributed by atoms with Gasteiger partial charge in [-0.05, 0) is 43.2 Å². The Morgan fingerprint density at radius 2 is 2.00 bits per heavy atom. The average molecular weight is 374 g/mol. The lowest BCUT2D eigenvalue weighted by atomic mass is 10.2. The quantitative estimate of drug-likeness (QED) is 0.639. The summed E-state index contributed by atoms with van der Waals surface area (Å²) < 4.78 is 10.2. The summed E-state index contributed by atoms with van der Waals surface area (Å²) in [5.74, 6) is 1.82. The number of benzene rings is 2. The molecule has 0 amide bonds. The highest BCUT2D eigenvalue weighted by atomic mass is 35.5. The highest BCUT2D eigenvalue weighted by Gasteiger charge is 2.24. The molecule has 0 aliphatic heterocycles. The molecule has 2 aromatic carbocycles. The van der Waals surface area contributed by atoms with Gasteiger partial charge < -0.3 is 9.84 Å². The zero-order valence-corrected chi connectivity index (χ0v) is 16.3. The normalized spacial score (nSPS) is 12.5. The van der Waals surface area contributed by atoms with Crippen molar-refractivity contribution < 1.29 is 14.4 Å². The van der Waals surface area contributed by atoms with Gasteiger partial charge in [0.25, 0.3) is 5.82 Å². The molecule has 1 aromatic heterocycles. The van der Waals surface area contributed by atoms with E-state index in [1.165, 1.54) is 11.3 Å². The first kappa shape index (κ1) is 18.7. The van der Waals surface area contributed by atoms with Gasteiger partial charge in [0.05, 0.1) is 12.1 Å². The SMILES string of the molecule is CCCc1n(CC(O)COc2cc(C)ccc2Cl)c2ccccc2[n+]1C. The second kappa shape index (κ2) is 8.11. The van der Waals surface area contributed by atoms with Gasteiger partial charge in [-0.3, -0.25) is 0 Å². The van der Waals surface area contributed by atoms with Crippen molar-refractivity contribution in [1.29, 1.82) is 0 Å². The van der Waals surface area contributed by atoms with Crippen LogP contribution in [0, 0.1) is 6.92 Å². The van der Waals surface area contributed by atoms with Gasteiger partial charge in [-0.1, -0.05) is 36.7 Å². The topological polar surface area (TPSA) is 38.3 Å². The van der Waals surface area contributed by atoms with Crippen molar-refractivity contribution in [3.05, 3.63) is 58.9 Å². The highest BCUT2D eigenvalue weighted by Crippen LogP contribution is 2.25. The van der Waals surface area contributed by atoms with Crippen molar-refractivity contribution in [1.82, 2.24) is 4.57 Å². The summed E-state index contributed by atoms with van der Waals surface area (Å²) in [5.41, 5.74) is 3.38. The van der Waals surface area contributed by atoms with Crippen LogP contribution in [0.15, 0.2) is 42.5 Å². The monoisotopic (exact) mass is 373 g/mol. The molecule has 0 saturated heterocycles. The Morgan fingerprint density at radius 3 is 2.77 bits per heavy atom. The van der Waals surface area contributed by atoms with Gasteiger partial charge in [0.1, 0.15) is 25.0 Å². The first-order chi connectivity index (χ1) is 12.5. The number of hydrogen-bond acceptors (Lipinski definition) is 2. The van der Waals surface area contributed by atoms with E-state index in [0.29, 0.717) is 17.3 Å². The Balaban J connectivity index is 1.79. The Kier molecular flexibility index (Phi) is 5.84. The molecular weight excluding hydrogens is 348 g/mol.